The molecule has 1 aromatic carbocycles. The second kappa shape index (κ2) is 4.28. The maximum Gasteiger partial charge on any atom is 0.122 e. The van der Waals surface area contributed by atoms with E-state index in [1.165, 1.54) is 11.1 Å². The van der Waals surface area contributed by atoms with Gasteiger partial charge in [0.25, 0.3) is 0 Å². The molecule has 72 valence electrons. The third-order valence-corrected chi connectivity index (χ3v) is 2.28. The Hall–Kier alpha value is -1.02. The van der Waals surface area contributed by atoms with Crippen LogP contribution in [0.3, 0.4) is 0 Å². The van der Waals surface area contributed by atoms with Crippen LogP contribution in [0.2, 0.25) is 0 Å². The van der Waals surface area contributed by atoms with Crippen molar-refractivity contribution in [2.24, 2.45) is 0 Å². The van der Waals surface area contributed by atoms with Gasteiger partial charge in [0.05, 0.1) is 7.11 Å². The number of ether oxygens (including phenoxy) is 1. The molecule has 0 fully saturated rings. The van der Waals surface area contributed by atoms with Crippen LogP contribution in [0.15, 0.2) is 12.1 Å². The lowest BCUT2D eigenvalue weighted by molar-refractivity contribution is 0.296. The molecule has 0 saturated heterocycles. The first-order valence-electron chi connectivity index (χ1n) is 4.44. The smallest absolute Gasteiger partial charge is 0.122 e. The van der Waals surface area contributed by atoms with E-state index in [0.29, 0.717) is 6.42 Å². The molecule has 13 heavy (non-hydrogen) atoms. The first-order valence-corrected chi connectivity index (χ1v) is 4.44. The van der Waals surface area contributed by atoms with Gasteiger partial charge in [0.1, 0.15) is 5.75 Å². The Morgan fingerprint density at radius 3 is 2.38 bits per heavy atom. The van der Waals surface area contributed by atoms with Gasteiger partial charge in [-0.2, -0.15) is 0 Å². The molecular weight excluding hydrogens is 164 g/mol. The number of hydrogen-bond acceptors (Lipinski definition) is 2. The molecule has 1 rings (SSSR count). The summed E-state index contributed by atoms with van der Waals surface area (Å²) in [5.41, 5.74) is 3.54. The lowest BCUT2D eigenvalue weighted by Crippen LogP contribution is -1.97. The van der Waals surface area contributed by atoms with Gasteiger partial charge in [0.15, 0.2) is 0 Å². The summed E-state index contributed by atoms with van der Waals surface area (Å²) in [4.78, 5) is 0. The highest BCUT2D eigenvalue weighted by Gasteiger charge is 2.04. The van der Waals surface area contributed by atoms with Crippen molar-refractivity contribution in [2.45, 2.75) is 20.3 Å². The van der Waals surface area contributed by atoms with Crippen molar-refractivity contribution in [3.63, 3.8) is 0 Å². The Balaban J connectivity index is 3.09. The number of hydrogen-bond donors (Lipinski definition) is 1. The van der Waals surface area contributed by atoms with Gasteiger partial charge in [-0.15, -0.1) is 0 Å². The molecule has 1 aromatic rings. The van der Waals surface area contributed by atoms with Gasteiger partial charge in [0.2, 0.25) is 0 Å². The summed E-state index contributed by atoms with van der Waals surface area (Å²) in [7, 11) is 1.66. The van der Waals surface area contributed by atoms with Crippen LogP contribution in [-0.2, 0) is 6.42 Å². The summed E-state index contributed by atoms with van der Waals surface area (Å²) in [6, 6.07) is 4.09. The highest BCUT2D eigenvalue weighted by molar-refractivity contribution is 5.41. The quantitative estimate of drug-likeness (QED) is 0.769. The van der Waals surface area contributed by atoms with Gasteiger partial charge < -0.3 is 9.84 Å². The molecule has 0 unspecified atom stereocenters. The molecule has 0 aliphatic heterocycles. The Morgan fingerprint density at radius 1 is 1.23 bits per heavy atom. The van der Waals surface area contributed by atoms with Crippen LogP contribution in [-0.4, -0.2) is 18.8 Å². The number of aryl methyl sites for hydroxylation is 2. The number of aliphatic hydroxyl groups excluding tert-OH is 1. The second-order valence-corrected chi connectivity index (χ2v) is 3.22. The van der Waals surface area contributed by atoms with E-state index in [1.54, 1.807) is 7.11 Å². The molecule has 0 saturated carbocycles. The van der Waals surface area contributed by atoms with Gasteiger partial charge in [-0.25, -0.2) is 0 Å². The normalized spacial score (nSPS) is 10.2. The third-order valence-electron chi connectivity index (χ3n) is 2.28. The molecule has 0 spiro atoms. The van der Waals surface area contributed by atoms with Crippen molar-refractivity contribution in [3.05, 3.63) is 28.8 Å². The lowest BCUT2D eigenvalue weighted by atomic mass is 10.0. The van der Waals surface area contributed by atoms with Crippen LogP contribution < -0.4 is 4.74 Å². The van der Waals surface area contributed by atoms with Gasteiger partial charge in [-0.3, -0.25) is 0 Å². The van der Waals surface area contributed by atoms with Crippen molar-refractivity contribution >= 4 is 0 Å². The summed E-state index contributed by atoms with van der Waals surface area (Å²) < 4.78 is 5.22. The van der Waals surface area contributed by atoms with Crippen molar-refractivity contribution in [1.29, 1.82) is 0 Å². The van der Waals surface area contributed by atoms with Crippen molar-refractivity contribution in [2.75, 3.05) is 13.7 Å². The monoisotopic (exact) mass is 180 g/mol. The predicted molar refractivity (Wildman–Crippen MR) is 53.3 cm³/mol. The molecule has 0 heterocycles. The number of benzene rings is 1. The van der Waals surface area contributed by atoms with E-state index in [4.69, 9.17) is 9.84 Å². The highest BCUT2D eigenvalue weighted by Crippen LogP contribution is 2.23. The fourth-order valence-electron chi connectivity index (χ4n) is 1.36. The van der Waals surface area contributed by atoms with Crippen LogP contribution in [0.4, 0.5) is 0 Å². The average Bonchev–Trinajstić information content (AvgIpc) is 2.11. The summed E-state index contributed by atoms with van der Waals surface area (Å²) in [5.74, 6) is 0.872. The van der Waals surface area contributed by atoms with Gasteiger partial charge in [-0.05, 0) is 43.0 Å². The summed E-state index contributed by atoms with van der Waals surface area (Å²) in [6.07, 6.45) is 0.657. The van der Waals surface area contributed by atoms with E-state index in [0.717, 1.165) is 11.3 Å². The van der Waals surface area contributed by atoms with Gasteiger partial charge in [0, 0.05) is 6.61 Å². The molecule has 2 nitrogen and oxygen atoms in total. The van der Waals surface area contributed by atoms with Crippen LogP contribution in [0.5, 0.6) is 5.75 Å². The first kappa shape index (κ1) is 10.1. The van der Waals surface area contributed by atoms with E-state index in [2.05, 4.69) is 19.9 Å². The van der Waals surface area contributed by atoms with Crippen LogP contribution >= 0.6 is 0 Å². The number of aliphatic hydroxyl groups is 1. The molecule has 0 radical (unpaired) electrons. The van der Waals surface area contributed by atoms with Gasteiger partial charge >= 0.3 is 0 Å². The molecule has 2 heteroatoms. The second-order valence-electron chi connectivity index (χ2n) is 3.22. The Labute approximate surface area is 79.2 Å². The number of methoxy groups -OCH3 is 1. The molecule has 0 bridgehead atoms. The zero-order valence-electron chi connectivity index (χ0n) is 8.42. The Morgan fingerprint density at radius 2 is 1.85 bits per heavy atom. The van der Waals surface area contributed by atoms with E-state index in [1.807, 2.05) is 6.07 Å². The molecule has 0 aromatic heterocycles. The fourth-order valence-corrected chi connectivity index (χ4v) is 1.36. The zero-order valence-corrected chi connectivity index (χ0v) is 8.42. The molecule has 0 aliphatic carbocycles. The average molecular weight is 180 g/mol. The lowest BCUT2D eigenvalue weighted by Gasteiger charge is -2.10. The van der Waals surface area contributed by atoms with Gasteiger partial charge in [-0.1, -0.05) is 6.07 Å². The van der Waals surface area contributed by atoms with E-state index in [9.17, 15) is 0 Å². The minimum atomic E-state index is 0.166. The zero-order chi connectivity index (χ0) is 9.84. The maximum atomic E-state index is 8.84. The first-order chi connectivity index (χ1) is 6.19. The summed E-state index contributed by atoms with van der Waals surface area (Å²) in [5, 5.41) is 8.84. The largest absolute Gasteiger partial charge is 0.496 e. The Kier molecular flexibility index (Phi) is 3.32. The molecule has 0 aliphatic rings. The molecule has 0 atom stereocenters. The minimum absolute atomic E-state index is 0.166. The highest BCUT2D eigenvalue weighted by atomic mass is 16.5. The van der Waals surface area contributed by atoms with Crippen molar-refractivity contribution in [3.8, 4) is 5.75 Å². The van der Waals surface area contributed by atoms with E-state index in [-0.39, 0.29) is 6.61 Å². The topological polar surface area (TPSA) is 29.5 Å². The molecule has 1 N–H and O–H groups in total. The van der Waals surface area contributed by atoms with Crippen molar-refractivity contribution < 1.29 is 9.84 Å². The maximum absolute atomic E-state index is 8.84. The predicted octanol–water partition coefficient (Wildman–Crippen LogP) is 1.85. The van der Waals surface area contributed by atoms with E-state index >= 15 is 0 Å². The van der Waals surface area contributed by atoms with Crippen LogP contribution in [0, 0.1) is 13.8 Å². The third kappa shape index (κ3) is 2.22. The fraction of sp³-hybridized carbons (Fsp3) is 0.455. The SMILES string of the molecule is COc1cc(C)c(C)cc1CCO. The van der Waals surface area contributed by atoms with Crippen LogP contribution in [0.25, 0.3) is 0 Å². The molecule has 0 amide bonds. The van der Waals surface area contributed by atoms with Crippen molar-refractivity contribution in [1.82, 2.24) is 0 Å². The molecular formula is C11H16O2. The minimum Gasteiger partial charge on any atom is -0.496 e. The number of rotatable bonds is 3. The van der Waals surface area contributed by atoms with Crippen LogP contribution in [0.1, 0.15) is 16.7 Å². The van der Waals surface area contributed by atoms with E-state index < -0.39 is 0 Å². The summed E-state index contributed by atoms with van der Waals surface area (Å²) in [6.45, 7) is 4.29. The standard InChI is InChI=1S/C11H16O2/c1-8-6-10(4-5-12)11(13-3)7-9(8)2/h6-7,12H,4-5H2,1-3H3. The summed E-state index contributed by atoms with van der Waals surface area (Å²) >= 11 is 0. The Bertz CT molecular complexity index is 292.